The van der Waals surface area contributed by atoms with Crippen LogP contribution in [0.4, 0.5) is 16.0 Å². The average Bonchev–Trinajstić information content (AvgIpc) is 3.10. The highest BCUT2D eigenvalue weighted by Crippen LogP contribution is 2.23. The second-order valence-corrected chi connectivity index (χ2v) is 7.62. The maximum atomic E-state index is 14.6. The quantitative estimate of drug-likeness (QED) is 0.379. The molecule has 1 aliphatic rings. The lowest BCUT2D eigenvalue weighted by atomic mass is 10.1. The van der Waals surface area contributed by atoms with Gasteiger partial charge in [-0.1, -0.05) is 6.07 Å². The topological polar surface area (TPSA) is 127 Å². The van der Waals surface area contributed by atoms with Crippen LogP contribution in [0.1, 0.15) is 16.8 Å². The van der Waals surface area contributed by atoms with Gasteiger partial charge in [0.25, 0.3) is 11.5 Å². The molecular formula is C23H24FN7O3. The van der Waals surface area contributed by atoms with E-state index in [1.165, 1.54) is 25.5 Å². The smallest absolute Gasteiger partial charge is 0.260 e. The van der Waals surface area contributed by atoms with Gasteiger partial charge in [0.15, 0.2) is 0 Å². The fourth-order valence-corrected chi connectivity index (χ4v) is 3.85. The number of rotatable bonds is 6. The third kappa shape index (κ3) is 4.72. The molecule has 0 spiro atoms. The Morgan fingerprint density at radius 2 is 2.12 bits per heavy atom. The zero-order chi connectivity index (χ0) is 24.1. The number of carbonyl (C=O) groups is 1. The third-order valence-corrected chi connectivity index (χ3v) is 5.54. The molecule has 2 aromatic carbocycles. The van der Waals surface area contributed by atoms with Crippen LogP contribution in [0.3, 0.4) is 0 Å². The summed E-state index contributed by atoms with van der Waals surface area (Å²) < 4.78 is 19.8. The zero-order valence-corrected chi connectivity index (χ0v) is 18.5. The lowest BCUT2D eigenvalue weighted by molar-refractivity contribution is 0.0763. The first kappa shape index (κ1) is 22.9. The summed E-state index contributed by atoms with van der Waals surface area (Å²) in [6.07, 6.45) is 2.77. The highest BCUT2D eigenvalue weighted by Gasteiger charge is 2.26. The van der Waals surface area contributed by atoms with Crippen molar-refractivity contribution in [3.8, 4) is 5.75 Å². The molecular weight excluding hydrogens is 441 g/mol. The number of nitrogens with zero attached hydrogens (tertiary/aromatic N) is 4. The number of methoxy groups -OCH3 is 1. The van der Waals surface area contributed by atoms with Crippen LogP contribution in [0.2, 0.25) is 0 Å². The van der Waals surface area contributed by atoms with Gasteiger partial charge in [0, 0.05) is 32.4 Å². The predicted octanol–water partition coefficient (Wildman–Crippen LogP) is 2.47. The Morgan fingerprint density at radius 1 is 1.26 bits per heavy atom. The molecule has 1 aliphatic heterocycles. The van der Waals surface area contributed by atoms with Gasteiger partial charge in [-0.25, -0.2) is 9.37 Å². The lowest BCUT2D eigenvalue weighted by Gasteiger charge is -2.23. The molecule has 11 heteroatoms. The summed E-state index contributed by atoms with van der Waals surface area (Å²) in [6, 6.07) is 9.37. The monoisotopic (exact) mass is 465 g/mol. The SMILES string of the molecule is COc1ccc2nc(N3CCCN(C(=O)c4c(F)cccc4N/N=C\C=N)CC3)[nH]c(=O)c2c1. The summed E-state index contributed by atoms with van der Waals surface area (Å²) in [5.41, 5.74) is 3.00. The summed E-state index contributed by atoms with van der Waals surface area (Å²) in [7, 11) is 1.53. The fourth-order valence-electron chi connectivity index (χ4n) is 3.85. The van der Waals surface area contributed by atoms with E-state index in [0.29, 0.717) is 55.2 Å². The van der Waals surface area contributed by atoms with Crippen molar-refractivity contribution in [3.63, 3.8) is 0 Å². The molecule has 0 saturated carbocycles. The maximum Gasteiger partial charge on any atom is 0.260 e. The molecule has 3 N–H and O–H groups in total. The van der Waals surface area contributed by atoms with E-state index in [1.54, 1.807) is 29.2 Å². The standard InChI is InChI=1S/C23H24FN7O3/c1-34-15-6-7-18-16(14-15)21(32)28-23(27-18)31-11-3-10-30(12-13-31)22(33)20-17(24)4-2-5-19(20)29-26-9-8-25/h2,4-9,14,25,29H,3,10-13H2,1H3,(H,27,28,32)/b25-8?,26-9-. The Kier molecular flexibility index (Phi) is 6.81. The van der Waals surface area contributed by atoms with Gasteiger partial charge in [0.05, 0.1) is 29.9 Å². The Morgan fingerprint density at radius 3 is 2.91 bits per heavy atom. The molecule has 176 valence electrons. The summed E-state index contributed by atoms with van der Waals surface area (Å²) in [5, 5.41) is 11.2. The van der Waals surface area contributed by atoms with E-state index in [2.05, 4.69) is 20.5 Å². The second kappa shape index (κ2) is 10.1. The Hall–Kier alpha value is -4.28. The van der Waals surface area contributed by atoms with Crippen LogP contribution in [0.25, 0.3) is 10.9 Å². The van der Waals surface area contributed by atoms with Crippen LogP contribution in [0.5, 0.6) is 5.75 Å². The zero-order valence-electron chi connectivity index (χ0n) is 18.5. The number of H-pyrrole nitrogens is 1. The molecule has 2 heterocycles. The van der Waals surface area contributed by atoms with Crippen molar-refractivity contribution in [1.29, 1.82) is 5.41 Å². The average molecular weight is 465 g/mol. The van der Waals surface area contributed by atoms with Gasteiger partial charge in [-0.05, 0) is 36.8 Å². The number of halogens is 1. The molecule has 4 rings (SSSR count). The van der Waals surface area contributed by atoms with Crippen molar-refractivity contribution in [2.24, 2.45) is 5.10 Å². The van der Waals surface area contributed by atoms with E-state index < -0.39 is 11.7 Å². The number of aromatic nitrogens is 2. The number of fused-ring (bicyclic) bond motifs is 1. The van der Waals surface area contributed by atoms with Crippen molar-refractivity contribution in [2.75, 3.05) is 43.6 Å². The third-order valence-electron chi connectivity index (χ3n) is 5.54. The number of amides is 1. The molecule has 3 aromatic rings. The molecule has 0 unspecified atom stereocenters. The number of hydrazone groups is 1. The van der Waals surface area contributed by atoms with Gasteiger partial charge in [0.1, 0.15) is 17.1 Å². The number of benzene rings is 2. The Balaban J connectivity index is 1.54. The van der Waals surface area contributed by atoms with Crippen molar-refractivity contribution >= 4 is 40.9 Å². The number of anilines is 2. The molecule has 1 fully saturated rings. The Labute approximate surface area is 194 Å². The molecule has 10 nitrogen and oxygen atoms in total. The van der Waals surface area contributed by atoms with E-state index in [4.69, 9.17) is 10.1 Å². The van der Waals surface area contributed by atoms with Gasteiger partial charge in [-0.2, -0.15) is 5.10 Å². The molecule has 0 aliphatic carbocycles. The van der Waals surface area contributed by atoms with E-state index in [0.717, 1.165) is 6.21 Å². The summed E-state index contributed by atoms with van der Waals surface area (Å²) in [4.78, 5) is 36.7. The number of hydrogen-bond donors (Lipinski definition) is 3. The van der Waals surface area contributed by atoms with E-state index in [1.807, 2.05) is 4.90 Å². The van der Waals surface area contributed by atoms with E-state index >= 15 is 0 Å². The summed E-state index contributed by atoms with van der Waals surface area (Å²) in [5.74, 6) is -0.120. The fraction of sp³-hybridized carbons (Fsp3) is 0.261. The normalized spacial score (nSPS) is 14.3. The highest BCUT2D eigenvalue weighted by molar-refractivity contribution is 6.14. The number of hydrogen-bond acceptors (Lipinski definition) is 8. The van der Waals surface area contributed by atoms with Gasteiger partial charge in [0.2, 0.25) is 5.95 Å². The van der Waals surface area contributed by atoms with Crippen molar-refractivity contribution < 1.29 is 13.9 Å². The lowest BCUT2D eigenvalue weighted by Crippen LogP contribution is -2.36. The molecule has 0 radical (unpaired) electrons. The van der Waals surface area contributed by atoms with E-state index in [-0.39, 0.29) is 16.8 Å². The van der Waals surface area contributed by atoms with Gasteiger partial charge in [-0.15, -0.1) is 0 Å². The second-order valence-electron chi connectivity index (χ2n) is 7.62. The van der Waals surface area contributed by atoms with Crippen LogP contribution in [0.15, 0.2) is 46.3 Å². The maximum absolute atomic E-state index is 14.6. The van der Waals surface area contributed by atoms with Gasteiger partial charge >= 0.3 is 0 Å². The van der Waals surface area contributed by atoms with Crippen molar-refractivity contribution in [3.05, 3.63) is 58.1 Å². The molecule has 34 heavy (non-hydrogen) atoms. The minimum atomic E-state index is -0.655. The van der Waals surface area contributed by atoms with Crippen LogP contribution in [-0.4, -0.2) is 66.5 Å². The van der Waals surface area contributed by atoms with Gasteiger partial charge in [-0.3, -0.25) is 20.0 Å². The first-order valence-corrected chi connectivity index (χ1v) is 10.7. The minimum absolute atomic E-state index is 0.107. The molecule has 0 bridgehead atoms. The number of aromatic amines is 1. The number of nitrogens with one attached hydrogen (secondary N) is 3. The first-order valence-electron chi connectivity index (χ1n) is 10.7. The van der Waals surface area contributed by atoms with Crippen molar-refractivity contribution in [1.82, 2.24) is 14.9 Å². The van der Waals surface area contributed by atoms with E-state index in [9.17, 15) is 14.0 Å². The Bertz CT molecular complexity index is 1310. The van der Waals surface area contributed by atoms with Crippen LogP contribution in [-0.2, 0) is 0 Å². The summed E-state index contributed by atoms with van der Waals surface area (Å²) >= 11 is 0. The molecule has 0 atom stereocenters. The largest absolute Gasteiger partial charge is 0.497 e. The molecule has 1 aromatic heterocycles. The van der Waals surface area contributed by atoms with Crippen LogP contribution in [0, 0.1) is 11.2 Å². The van der Waals surface area contributed by atoms with Crippen LogP contribution >= 0.6 is 0 Å². The van der Waals surface area contributed by atoms with Crippen LogP contribution < -0.4 is 20.6 Å². The summed E-state index contributed by atoms with van der Waals surface area (Å²) in [6.45, 7) is 1.72. The van der Waals surface area contributed by atoms with Crippen molar-refractivity contribution in [2.45, 2.75) is 6.42 Å². The molecule has 1 saturated heterocycles. The highest BCUT2D eigenvalue weighted by atomic mass is 19.1. The number of ether oxygens (including phenoxy) is 1. The molecule has 1 amide bonds. The predicted molar refractivity (Wildman–Crippen MR) is 129 cm³/mol. The first-order chi connectivity index (χ1) is 16.5. The minimum Gasteiger partial charge on any atom is -0.497 e. The number of carbonyl (C=O) groups excluding carboxylic acids is 1. The van der Waals surface area contributed by atoms with Gasteiger partial charge < -0.3 is 19.9 Å².